The summed E-state index contributed by atoms with van der Waals surface area (Å²) >= 11 is 0. The molecule has 1 aromatic carbocycles. The number of nitrogens with two attached hydrogens (primary N) is 1. The minimum atomic E-state index is -0.875. The summed E-state index contributed by atoms with van der Waals surface area (Å²) in [4.78, 5) is 19.9. The fourth-order valence-electron chi connectivity index (χ4n) is 2.42. The molecule has 1 heterocycles. The Morgan fingerprint density at radius 2 is 2.00 bits per heavy atom. The van der Waals surface area contributed by atoms with Gasteiger partial charge in [0.1, 0.15) is 0 Å². The summed E-state index contributed by atoms with van der Waals surface area (Å²) in [5.74, 6) is -0.709. The number of ether oxygens (including phenoxy) is 1. The molecular weight excluding hydrogens is 297 g/mol. The first-order valence-corrected chi connectivity index (χ1v) is 7.44. The molecule has 0 bridgehead atoms. The smallest absolute Gasteiger partial charge is 0.307 e. The molecule has 0 amide bonds. The van der Waals surface area contributed by atoms with Crippen molar-refractivity contribution >= 4 is 5.97 Å². The maximum atomic E-state index is 14.0. The van der Waals surface area contributed by atoms with Crippen molar-refractivity contribution in [2.45, 2.75) is 33.2 Å². The second-order valence-electron chi connectivity index (χ2n) is 5.31. The molecule has 0 aliphatic rings. The summed E-state index contributed by atoms with van der Waals surface area (Å²) < 4.78 is 18.9. The first-order chi connectivity index (χ1) is 10.9. The fourth-order valence-corrected chi connectivity index (χ4v) is 2.42. The molecule has 0 fully saturated rings. The second-order valence-corrected chi connectivity index (χ2v) is 5.31. The zero-order chi connectivity index (χ0) is 17.0. The molecule has 0 spiro atoms. The number of aromatic nitrogens is 2. The fraction of sp³-hybridized carbons (Fsp3) is 0.353. The van der Waals surface area contributed by atoms with Crippen molar-refractivity contribution in [2.24, 2.45) is 5.73 Å². The number of benzene rings is 1. The van der Waals surface area contributed by atoms with E-state index in [1.807, 2.05) is 32.0 Å². The number of nitrogens with zero attached hydrogens (tertiary/aromatic N) is 2. The van der Waals surface area contributed by atoms with Gasteiger partial charge in [-0.1, -0.05) is 18.2 Å². The minimum absolute atomic E-state index is 0.0192. The van der Waals surface area contributed by atoms with Crippen molar-refractivity contribution in [3.8, 4) is 11.4 Å². The van der Waals surface area contributed by atoms with Gasteiger partial charge >= 0.3 is 5.97 Å². The summed E-state index contributed by atoms with van der Waals surface area (Å²) in [5, 5.41) is 0. The third kappa shape index (κ3) is 3.90. The molecule has 1 aromatic heterocycles. The lowest BCUT2D eigenvalue weighted by molar-refractivity contribution is -0.143. The Labute approximate surface area is 134 Å². The molecule has 6 heteroatoms. The lowest BCUT2D eigenvalue weighted by Gasteiger charge is -2.14. The molecule has 5 nitrogen and oxygen atoms in total. The Bertz CT molecular complexity index is 699. The van der Waals surface area contributed by atoms with Gasteiger partial charge in [0.15, 0.2) is 11.6 Å². The quantitative estimate of drug-likeness (QED) is 0.858. The average Bonchev–Trinajstić information content (AvgIpc) is 2.48. The normalized spacial score (nSPS) is 12.0. The SMILES string of the molecule is CCOC(=O)CC(N)c1nc(-c2c(C)cccc2C)ncc1F. The van der Waals surface area contributed by atoms with Gasteiger partial charge in [0.25, 0.3) is 0 Å². The average molecular weight is 317 g/mol. The van der Waals surface area contributed by atoms with E-state index in [9.17, 15) is 9.18 Å². The highest BCUT2D eigenvalue weighted by molar-refractivity contribution is 5.70. The molecule has 0 aliphatic carbocycles. The molecule has 1 unspecified atom stereocenters. The zero-order valence-corrected chi connectivity index (χ0v) is 13.5. The number of carbonyl (C=O) groups excluding carboxylic acids is 1. The van der Waals surface area contributed by atoms with Gasteiger partial charge in [0.05, 0.1) is 31.0 Å². The summed E-state index contributed by atoms with van der Waals surface area (Å²) in [6, 6.07) is 4.94. The highest BCUT2D eigenvalue weighted by Gasteiger charge is 2.20. The number of hydrogen-bond donors (Lipinski definition) is 1. The largest absolute Gasteiger partial charge is 0.466 e. The van der Waals surface area contributed by atoms with Crippen LogP contribution in [0.4, 0.5) is 4.39 Å². The topological polar surface area (TPSA) is 78.1 Å². The first kappa shape index (κ1) is 17.0. The maximum absolute atomic E-state index is 14.0. The van der Waals surface area contributed by atoms with Crippen LogP contribution in [0.15, 0.2) is 24.4 Å². The molecule has 0 saturated carbocycles. The first-order valence-electron chi connectivity index (χ1n) is 7.44. The van der Waals surface area contributed by atoms with E-state index in [4.69, 9.17) is 10.5 Å². The summed E-state index contributed by atoms with van der Waals surface area (Å²) in [7, 11) is 0. The Kier molecular flexibility index (Phi) is 5.39. The third-order valence-electron chi connectivity index (χ3n) is 3.52. The van der Waals surface area contributed by atoms with E-state index in [0.717, 1.165) is 22.9 Å². The lowest BCUT2D eigenvalue weighted by atomic mass is 10.0. The van der Waals surface area contributed by atoms with Gasteiger partial charge in [-0.15, -0.1) is 0 Å². The van der Waals surface area contributed by atoms with E-state index in [-0.39, 0.29) is 18.7 Å². The highest BCUT2D eigenvalue weighted by Crippen LogP contribution is 2.26. The highest BCUT2D eigenvalue weighted by atomic mass is 19.1. The van der Waals surface area contributed by atoms with Crippen molar-refractivity contribution in [1.82, 2.24) is 9.97 Å². The molecule has 2 rings (SSSR count). The van der Waals surface area contributed by atoms with Crippen LogP contribution >= 0.6 is 0 Å². The van der Waals surface area contributed by atoms with Crippen LogP contribution in [-0.2, 0) is 9.53 Å². The van der Waals surface area contributed by atoms with Gasteiger partial charge in [-0.05, 0) is 31.9 Å². The molecule has 122 valence electrons. The number of halogens is 1. The standard InChI is InChI=1S/C17H20FN3O2/c1-4-23-14(22)8-13(19)16-12(18)9-20-17(21-16)15-10(2)6-5-7-11(15)3/h5-7,9,13H,4,8,19H2,1-3H3. The maximum Gasteiger partial charge on any atom is 0.307 e. The Balaban J connectivity index is 2.38. The Morgan fingerprint density at radius 3 is 2.61 bits per heavy atom. The summed E-state index contributed by atoms with van der Waals surface area (Å²) in [6.07, 6.45) is 0.961. The van der Waals surface area contributed by atoms with E-state index in [1.54, 1.807) is 6.92 Å². The molecule has 1 atom stereocenters. The molecule has 0 saturated heterocycles. The van der Waals surface area contributed by atoms with Crippen LogP contribution in [0.3, 0.4) is 0 Å². The second kappa shape index (κ2) is 7.28. The van der Waals surface area contributed by atoms with E-state index >= 15 is 0 Å². The van der Waals surface area contributed by atoms with Crippen molar-refractivity contribution in [2.75, 3.05) is 6.61 Å². The number of aryl methyl sites for hydroxylation is 2. The van der Waals surface area contributed by atoms with Crippen LogP contribution < -0.4 is 5.73 Å². The number of carbonyl (C=O) groups is 1. The van der Waals surface area contributed by atoms with E-state index in [0.29, 0.717) is 5.82 Å². The lowest BCUT2D eigenvalue weighted by Crippen LogP contribution is -2.20. The molecular formula is C17H20FN3O2. The van der Waals surface area contributed by atoms with Crippen LogP contribution in [0.2, 0.25) is 0 Å². The van der Waals surface area contributed by atoms with Crippen molar-refractivity contribution < 1.29 is 13.9 Å². The van der Waals surface area contributed by atoms with Gasteiger partial charge < -0.3 is 10.5 Å². The summed E-state index contributed by atoms with van der Waals surface area (Å²) in [5.41, 5.74) is 8.76. The molecule has 23 heavy (non-hydrogen) atoms. The molecule has 2 N–H and O–H groups in total. The van der Waals surface area contributed by atoms with Crippen molar-refractivity contribution in [1.29, 1.82) is 0 Å². The zero-order valence-electron chi connectivity index (χ0n) is 13.5. The van der Waals surface area contributed by atoms with Crippen molar-refractivity contribution in [3.63, 3.8) is 0 Å². The van der Waals surface area contributed by atoms with E-state index < -0.39 is 17.8 Å². The van der Waals surface area contributed by atoms with Crippen LogP contribution in [0.25, 0.3) is 11.4 Å². The molecule has 0 radical (unpaired) electrons. The van der Waals surface area contributed by atoms with Gasteiger partial charge in [-0.2, -0.15) is 0 Å². The van der Waals surface area contributed by atoms with Gasteiger partial charge in [0.2, 0.25) is 0 Å². The summed E-state index contributed by atoms with van der Waals surface area (Å²) in [6.45, 7) is 5.83. The predicted molar refractivity (Wildman–Crippen MR) is 85.1 cm³/mol. The molecule has 0 aliphatic heterocycles. The third-order valence-corrected chi connectivity index (χ3v) is 3.52. The number of rotatable bonds is 5. The van der Waals surface area contributed by atoms with Crippen LogP contribution in [0.5, 0.6) is 0 Å². The van der Waals surface area contributed by atoms with E-state index in [1.165, 1.54) is 0 Å². The van der Waals surface area contributed by atoms with Crippen LogP contribution in [0, 0.1) is 19.7 Å². The Morgan fingerprint density at radius 1 is 1.35 bits per heavy atom. The van der Waals surface area contributed by atoms with Crippen LogP contribution in [-0.4, -0.2) is 22.5 Å². The molecule has 2 aromatic rings. The predicted octanol–water partition coefficient (Wildman–Crippen LogP) is 2.85. The van der Waals surface area contributed by atoms with Gasteiger partial charge in [-0.3, -0.25) is 4.79 Å². The Hall–Kier alpha value is -2.34. The number of hydrogen-bond acceptors (Lipinski definition) is 5. The monoisotopic (exact) mass is 317 g/mol. The van der Waals surface area contributed by atoms with Gasteiger partial charge in [0, 0.05) is 5.56 Å². The van der Waals surface area contributed by atoms with Crippen molar-refractivity contribution in [3.05, 3.63) is 47.0 Å². The number of esters is 1. The van der Waals surface area contributed by atoms with E-state index in [2.05, 4.69) is 9.97 Å². The minimum Gasteiger partial charge on any atom is -0.466 e. The van der Waals surface area contributed by atoms with Gasteiger partial charge in [-0.25, -0.2) is 14.4 Å². The van der Waals surface area contributed by atoms with Crippen LogP contribution in [0.1, 0.15) is 36.2 Å².